The first-order valence-electron chi connectivity index (χ1n) is 11.4. The minimum atomic E-state index is -0.362. The van der Waals surface area contributed by atoms with Crippen molar-refractivity contribution in [3.8, 4) is 11.3 Å². The number of ketones is 1. The maximum Gasteiger partial charge on any atom is 0.162 e. The highest BCUT2D eigenvalue weighted by molar-refractivity contribution is 6.43. The number of carbonyl (C=O) groups excluding carboxylic acids is 1. The molecule has 5 heteroatoms. The molecule has 0 saturated carbocycles. The summed E-state index contributed by atoms with van der Waals surface area (Å²) >= 11 is 12.7. The van der Waals surface area contributed by atoms with Crippen LogP contribution in [-0.2, 0) is 4.79 Å². The lowest BCUT2D eigenvalue weighted by Crippen LogP contribution is -2.33. The Balaban J connectivity index is 1.54. The van der Waals surface area contributed by atoms with Crippen molar-refractivity contribution in [3.63, 3.8) is 0 Å². The third kappa shape index (κ3) is 3.38. The predicted molar refractivity (Wildman–Crippen MR) is 139 cm³/mol. The lowest BCUT2D eigenvalue weighted by atomic mass is 9.68. The van der Waals surface area contributed by atoms with E-state index < -0.39 is 0 Å². The highest BCUT2D eigenvalue weighted by Crippen LogP contribution is 2.52. The molecule has 3 nitrogen and oxygen atoms in total. The van der Waals surface area contributed by atoms with Crippen molar-refractivity contribution in [1.29, 1.82) is 0 Å². The number of fused-ring (bicyclic) bond motifs is 4. The first kappa shape index (κ1) is 21.5. The molecule has 6 rings (SSSR count). The van der Waals surface area contributed by atoms with Crippen molar-refractivity contribution >= 4 is 51.0 Å². The van der Waals surface area contributed by atoms with Crippen LogP contribution < -0.4 is 5.32 Å². The summed E-state index contributed by atoms with van der Waals surface area (Å²) in [6.45, 7) is 4.34. The molecule has 2 heterocycles. The van der Waals surface area contributed by atoms with Crippen LogP contribution in [0.5, 0.6) is 0 Å². The minimum absolute atomic E-state index is 0.103. The molecular weight excluding hydrogens is 465 g/mol. The van der Waals surface area contributed by atoms with E-state index in [9.17, 15) is 4.79 Å². The summed E-state index contributed by atoms with van der Waals surface area (Å²) in [6, 6.07) is 21.5. The number of anilines is 1. The average molecular weight is 488 g/mol. The second kappa shape index (κ2) is 7.76. The second-order valence-electron chi connectivity index (χ2n) is 9.92. The minimum Gasteiger partial charge on any atom is -0.458 e. The fraction of sp³-hybridized carbons (Fsp3) is 0.207. The van der Waals surface area contributed by atoms with Gasteiger partial charge in [0.1, 0.15) is 17.6 Å². The summed E-state index contributed by atoms with van der Waals surface area (Å²) in [7, 11) is 0. The summed E-state index contributed by atoms with van der Waals surface area (Å²) in [4.78, 5) is 13.6. The quantitative estimate of drug-likeness (QED) is 0.307. The van der Waals surface area contributed by atoms with Gasteiger partial charge in [0, 0.05) is 28.8 Å². The monoisotopic (exact) mass is 487 g/mol. The number of nitrogens with one attached hydrogen (secondary N) is 1. The van der Waals surface area contributed by atoms with E-state index in [4.69, 9.17) is 27.6 Å². The van der Waals surface area contributed by atoms with Crippen molar-refractivity contribution in [2.75, 3.05) is 5.32 Å². The molecule has 2 aliphatic rings. The van der Waals surface area contributed by atoms with Crippen molar-refractivity contribution in [1.82, 2.24) is 0 Å². The van der Waals surface area contributed by atoms with Gasteiger partial charge in [0.15, 0.2) is 5.78 Å². The smallest absolute Gasteiger partial charge is 0.162 e. The van der Waals surface area contributed by atoms with Crippen LogP contribution in [0.3, 0.4) is 0 Å². The van der Waals surface area contributed by atoms with E-state index in [-0.39, 0.29) is 17.2 Å². The molecule has 1 atom stereocenters. The van der Waals surface area contributed by atoms with Crippen molar-refractivity contribution in [2.24, 2.45) is 5.41 Å². The summed E-state index contributed by atoms with van der Waals surface area (Å²) in [5.41, 5.74) is 4.71. The fourth-order valence-electron chi connectivity index (χ4n) is 5.40. The van der Waals surface area contributed by atoms with E-state index in [1.807, 2.05) is 30.3 Å². The number of carbonyl (C=O) groups is 1. The van der Waals surface area contributed by atoms with Gasteiger partial charge in [0.25, 0.3) is 0 Å². The van der Waals surface area contributed by atoms with Crippen molar-refractivity contribution in [2.45, 2.75) is 32.7 Å². The van der Waals surface area contributed by atoms with Crippen LogP contribution in [0.25, 0.3) is 27.7 Å². The average Bonchev–Trinajstić information content (AvgIpc) is 3.29. The second-order valence-corrected chi connectivity index (χ2v) is 10.7. The summed E-state index contributed by atoms with van der Waals surface area (Å²) in [6.07, 6.45) is 1.35. The number of rotatable bonds is 2. The SMILES string of the molecule is CC1(C)CC(=O)C2=C(C1)c1c(ccc3ccccc13)NC2c1ccc(-c2cccc(Cl)c2Cl)o1. The van der Waals surface area contributed by atoms with E-state index in [1.54, 1.807) is 6.07 Å². The topological polar surface area (TPSA) is 42.2 Å². The van der Waals surface area contributed by atoms with Crippen molar-refractivity contribution in [3.05, 3.63) is 93.7 Å². The van der Waals surface area contributed by atoms with Crippen LogP contribution in [-0.4, -0.2) is 5.78 Å². The molecule has 0 bridgehead atoms. The Morgan fingerprint density at radius 1 is 0.941 bits per heavy atom. The molecule has 0 radical (unpaired) electrons. The standard InChI is InChI=1S/C29H23Cl2NO2/c1-29(2)14-19-25-17-7-4-3-6-16(17)10-11-21(25)32-28(26(19)22(33)15-29)24-13-12-23(34-24)18-8-5-9-20(30)27(18)31/h3-13,28,32H,14-15H2,1-2H3. The fourth-order valence-corrected chi connectivity index (χ4v) is 5.79. The third-order valence-corrected chi connectivity index (χ3v) is 7.69. The van der Waals surface area contributed by atoms with Gasteiger partial charge < -0.3 is 9.73 Å². The van der Waals surface area contributed by atoms with Gasteiger partial charge in [0.2, 0.25) is 0 Å². The van der Waals surface area contributed by atoms with Crippen LogP contribution in [0, 0.1) is 5.41 Å². The Bertz CT molecular complexity index is 1510. The Kier molecular flexibility index (Phi) is 4.91. The highest BCUT2D eigenvalue weighted by atomic mass is 35.5. The summed E-state index contributed by atoms with van der Waals surface area (Å²) in [5.74, 6) is 1.48. The van der Waals surface area contributed by atoms with E-state index in [1.165, 1.54) is 5.39 Å². The van der Waals surface area contributed by atoms with Crippen molar-refractivity contribution < 1.29 is 9.21 Å². The summed E-state index contributed by atoms with van der Waals surface area (Å²) in [5, 5.41) is 6.88. The molecule has 0 amide bonds. The van der Waals surface area contributed by atoms with Gasteiger partial charge in [-0.3, -0.25) is 4.79 Å². The maximum atomic E-state index is 13.6. The Hall–Kier alpha value is -3.01. The van der Waals surface area contributed by atoms with E-state index in [2.05, 4.69) is 49.5 Å². The molecule has 0 saturated heterocycles. The Morgan fingerprint density at radius 3 is 2.62 bits per heavy atom. The van der Waals surface area contributed by atoms with Crippen LogP contribution in [0.4, 0.5) is 5.69 Å². The molecule has 3 aromatic carbocycles. The lowest BCUT2D eigenvalue weighted by molar-refractivity contribution is -0.118. The normalized spacial score (nSPS) is 19.1. The molecule has 0 spiro atoms. The van der Waals surface area contributed by atoms with E-state index >= 15 is 0 Å². The molecule has 1 unspecified atom stereocenters. The predicted octanol–water partition coefficient (Wildman–Crippen LogP) is 8.72. The third-order valence-electron chi connectivity index (χ3n) is 6.87. The van der Waals surface area contributed by atoms with Gasteiger partial charge >= 0.3 is 0 Å². The van der Waals surface area contributed by atoms with Crippen LogP contribution in [0.1, 0.15) is 44.1 Å². The van der Waals surface area contributed by atoms with Gasteiger partial charge in [-0.25, -0.2) is 0 Å². The molecular formula is C29H23Cl2NO2. The number of Topliss-reactive ketones (excluding diaryl/α,β-unsaturated/α-hetero) is 1. The maximum absolute atomic E-state index is 13.6. The van der Waals surface area contributed by atoms with Gasteiger partial charge in [0.05, 0.1) is 10.0 Å². The number of hydrogen-bond donors (Lipinski definition) is 1. The molecule has 1 aliphatic carbocycles. The highest BCUT2D eigenvalue weighted by Gasteiger charge is 2.41. The lowest BCUT2D eigenvalue weighted by Gasteiger charge is -2.39. The van der Waals surface area contributed by atoms with Gasteiger partial charge in [-0.1, -0.05) is 73.4 Å². The molecule has 34 heavy (non-hydrogen) atoms. The van der Waals surface area contributed by atoms with E-state index in [0.29, 0.717) is 28.0 Å². The molecule has 4 aromatic rings. The summed E-state index contributed by atoms with van der Waals surface area (Å²) < 4.78 is 6.30. The molecule has 0 fully saturated rings. The molecule has 1 aliphatic heterocycles. The first-order chi connectivity index (χ1) is 16.3. The molecule has 1 N–H and O–H groups in total. The van der Waals surface area contributed by atoms with Gasteiger partial charge in [-0.2, -0.15) is 0 Å². The van der Waals surface area contributed by atoms with E-state index in [0.717, 1.165) is 39.8 Å². The van der Waals surface area contributed by atoms with Crippen LogP contribution in [0.15, 0.2) is 76.7 Å². The zero-order chi connectivity index (χ0) is 23.6. The number of allylic oxidation sites excluding steroid dienone is 1. The largest absolute Gasteiger partial charge is 0.458 e. The Morgan fingerprint density at radius 2 is 1.76 bits per heavy atom. The van der Waals surface area contributed by atoms with Gasteiger partial charge in [-0.15, -0.1) is 0 Å². The number of hydrogen-bond acceptors (Lipinski definition) is 3. The number of furan rings is 1. The zero-order valence-corrected chi connectivity index (χ0v) is 20.4. The van der Waals surface area contributed by atoms with Crippen LogP contribution >= 0.6 is 23.2 Å². The van der Waals surface area contributed by atoms with Crippen LogP contribution in [0.2, 0.25) is 10.0 Å². The zero-order valence-electron chi connectivity index (χ0n) is 18.9. The molecule has 1 aromatic heterocycles. The first-order valence-corrected chi connectivity index (χ1v) is 12.2. The number of benzene rings is 3. The Labute approximate surface area is 208 Å². The van der Waals surface area contributed by atoms with Gasteiger partial charge in [-0.05, 0) is 58.5 Å². The number of halogens is 2. The molecule has 170 valence electrons.